The van der Waals surface area contributed by atoms with Gasteiger partial charge >= 0.3 is 0 Å². The van der Waals surface area contributed by atoms with E-state index in [2.05, 4.69) is 11.8 Å². The molecule has 0 heterocycles. The lowest BCUT2D eigenvalue weighted by molar-refractivity contribution is 0.299. The summed E-state index contributed by atoms with van der Waals surface area (Å²) < 4.78 is 19.3. The van der Waals surface area contributed by atoms with Gasteiger partial charge in [0.25, 0.3) is 0 Å². The van der Waals surface area contributed by atoms with Crippen LogP contribution in [0.3, 0.4) is 0 Å². The van der Waals surface area contributed by atoms with Crippen molar-refractivity contribution in [3.8, 4) is 23.7 Å². The Labute approximate surface area is 122 Å². The zero-order chi connectivity index (χ0) is 15.1. The number of halogens is 1. The fourth-order valence-corrected chi connectivity index (χ4v) is 1.71. The molecule has 0 fully saturated rings. The maximum Gasteiger partial charge on any atom is 0.147 e. The molecule has 2 aromatic rings. The molecule has 0 saturated heterocycles. The first-order valence-corrected chi connectivity index (χ1v) is 6.24. The van der Waals surface area contributed by atoms with E-state index in [1.807, 2.05) is 0 Å². The number of nitrogens with zero attached hydrogens (tertiary/aromatic N) is 1. The van der Waals surface area contributed by atoms with Crippen LogP contribution in [-0.4, -0.2) is 11.7 Å². The highest BCUT2D eigenvalue weighted by Gasteiger charge is 2.07. The van der Waals surface area contributed by atoms with Crippen LogP contribution in [0.15, 0.2) is 42.5 Å². The quantitative estimate of drug-likeness (QED) is 0.880. The summed E-state index contributed by atoms with van der Waals surface area (Å²) in [5, 5.41) is 17.4. The Morgan fingerprint density at radius 3 is 2.57 bits per heavy atom. The maximum absolute atomic E-state index is 13.8. The molecule has 2 aromatic carbocycles. The lowest BCUT2D eigenvalue weighted by atomic mass is 10.1. The van der Waals surface area contributed by atoms with Gasteiger partial charge in [0, 0.05) is 11.1 Å². The zero-order valence-electron chi connectivity index (χ0n) is 11.1. The van der Waals surface area contributed by atoms with Crippen LogP contribution < -0.4 is 4.74 Å². The van der Waals surface area contributed by atoms with Gasteiger partial charge in [-0.2, -0.15) is 5.26 Å². The molecule has 0 atom stereocenters. The van der Waals surface area contributed by atoms with Crippen LogP contribution in [-0.2, 0) is 6.61 Å². The molecule has 0 aliphatic rings. The normalized spacial score (nSPS) is 9.38. The molecule has 21 heavy (non-hydrogen) atoms. The summed E-state index contributed by atoms with van der Waals surface area (Å²) >= 11 is 0. The van der Waals surface area contributed by atoms with Crippen molar-refractivity contribution in [3.63, 3.8) is 0 Å². The van der Waals surface area contributed by atoms with Crippen LogP contribution in [0.1, 0.15) is 16.7 Å². The van der Waals surface area contributed by atoms with Crippen LogP contribution in [0.5, 0.6) is 5.75 Å². The van der Waals surface area contributed by atoms with Gasteiger partial charge in [-0.15, -0.1) is 0 Å². The first kappa shape index (κ1) is 14.6. The van der Waals surface area contributed by atoms with Crippen molar-refractivity contribution in [2.75, 3.05) is 6.61 Å². The van der Waals surface area contributed by atoms with Crippen molar-refractivity contribution >= 4 is 0 Å². The van der Waals surface area contributed by atoms with Gasteiger partial charge in [-0.3, -0.25) is 0 Å². The van der Waals surface area contributed by atoms with Gasteiger partial charge in [-0.25, -0.2) is 4.39 Å². The number of aliphatic hydroxyl groups excluding tert-OH is 1. The fraction of sp³-hybridized carbons (Fsp3) is 0.118. The van der Waals surface area contributed by atoms with Crippen molar-refractivity contribution in [2.24, 2.45) is 0 Å². The monoisotopic (exact) mass is 281 g/mol. The summed E-state index contributed by atoms with van der Waals surface area (Å²) in [5.74, 6) is 5.34. The van der Waals surface area contributed by atoms with Crippen LogP contribution >= 0.6 is 0 Å². The van der Waals surface area contributed by atoms with Crippen LogP contribution in [0, 0.1) is 29.0 Å². The SMILES string of the molecule is N#Cc1cccc(COc2ccc(C#CCO)cc2)c1F. The average Bonchev–Trinajstić information content (AvgIpc) is 2.53. The van der Waals surface area contributed by atoms with Crippen LogP contribution in [0.2, 0.25) is 0 Å². The van der Waals surface area contributed by atoms with Gasteiger partial charge < -0.3 is 9.84 Å². The molecule has 0 spiro atoms. The highest BCUT2D eigenvalue weighted by Crippen LogP contribution is 2.17. The molecule has 0 aliphatic heterocycles. The lowest BCUT2D eigenvalue weighted by Crippen LogP contribution is -2.00. The number of rotatable bonds is 3. The molecule has 0 saturated carbocycles. The Balaban J connectivity index is 2.05. The molecule has 0 radical (unpaired) electrons. The molecule has 4 heteroatoms. The standard InChI is InChI=1S/C17H12FNO2/c18-17-14(11-19)4-1-5-15(17)12-21-16-8-6-13(7-9-16)3-2-10-20/h1,4-9,20H,10,12H2. The van der Waals surface area contributed by atoms with Crippen molar-refractivity contribution in [3.05, 3.63) is 65.0 Å². The molecular weight excluding hydrogens is 269 g/mol. The van der Waals surface area contributed by atoms with E-state index in [1.165, 1.54) is 6.07 Å². The summed E-state index contributed by atoms with van der Waals surface area (Å²) in [6.07, 6.45) is 0. The lowest BCUT2D eigenvalue weighted by Gasteiger charge is -2.07. The minimum absolute atomic E-state index is 0.00530. The molecular formula is C17H12FNO2. The summed E-state index contributed by atoms with van der Waals surface area (Å²) in [5.41, 5.74) is 1.10. The van der Waals surface area contributed by atoms with E-state index in [9.17, 15) is 4.39 Å². The van der Waals surface area contributed by atoms with E-state index >= 15 is 0 Å². The molecule has 104 valence electrons. The summed E-state index contributed by atoms with van der Waals surface area (Å²) in [6.45, 7) is -0.143. The third-order valence-electron chi connectivity index (χ3n) is 2.76. The third kappa shape index (κ3) is 3.82. The molecule has 0 amide bonds. The van der Waals surface area contributed by atoms with Gasteiger partial charge in [0.2, 0.25) is 0 Å². The largest absolute Gasteiger partial charge is 0.489 e. The van der Waals surface area contributed by atoms with Gasteiger partial charge in [0.15, 0.2) is 0 Å². The van der Waals surface area contributed by atoms with Crippen molar-refractivity contribution < 1.29 is 14.2 Å². The topological polar surface area (TPSA) is 53.2 Å². The molecule has 1 N–H and O–H groups in total. The highest BCUT2D eigenvalue weighted by molar-refractivity contribution is 5.39. The molecule has 0 unspecified atom stereocenters. The Bertz CT molecular complexity index is 721. The first-order valence-electron chi connectivity index (χ1n) is 6.24. The van der Waals surface area contributed by atoms with Crippen LogP contribution in [0.25, 0.3) is 0 Å². The minimum Gasteiger partial charge on any atom is -0.489 e. The first-order chi connectivity index (χ1) is 10.2. The molecule has 0 aromatic heterocycles. The number of hydrogen-bond acceptors (Lipinski definition) is 3. The number of ether oxygens (including phenoxy) is 1. The van der Waals surface area contributed by atoms with E-state index in [1.54, 1.807) is 42.5 Å². The van der Waals surface area contributed by atoms with Crippen molar-refractivity contribution in [1.82, 2.24) is 0 Å². The summed E-state index contributed by atoms with van der Waals surface area (Å²) in [7, 11) is 0. The average molecular weight is 281 g/mol. The third-order valence-corrected chi connectivity index (χ3v) is 2.76. The second-order valence-corrected chi connectivity index (χ2v) is 4.16. The Hall–Kier alpha value is -2.82. The van der Waals surface area contributed by atoms with E-state index in [0.717, 1.165) is 5.56 Å². The molecule has 3 nitrogen and oxygen atoms in total. The van der Waals surface area contributed by atoms with Crippen molar-refractivity contribution in [2.45, 2.75) is 6.61 Å². The predicted molar refractivity (Wildman–Crippen MR) is 75.9 cm³/mol. The van der Waals surface area contributed by atoms with Crippen LogP contribution in [0.4, 0.5) is 4.39 Å². The predicted octanol–water partition coefficient (Wildman–Crippen LogP) is 2.62. The van der Waals surface area contributed by atoms with Gasteiger partial charge in [0.1, 0.15) is 30.8 Å². The maximum atomic E-state index is 13.8. The second-order valence-electron chi connectivity index (χ2n) is 4.16. The molecule has 2 rings (SSSR count). The van der Waals surface area contributed by atoms with Crippen molar-refractivity contribution in [1.29, 1.82) is 5.26 Å². The second kappa shape index (κ2) is 7.09. The Morgan fingerprint density at radius 2 is 1.90 bits per heavy atom. The van der Waals surface area contributed by atoms with Gasteiger partial charge in [-0.1, -0.05) is 24.0 Å². The summed E-state index contributed by atoms with van der Waals surface area (Å²) in [4.78, 5) is 0. The van der Waals surface area contributed by atoms with E-state index in [4.69, 9.17) is 15.1 Å². The number of hydrogen-bond donors (Lipinski definition) is 1. The summed E-state index contributed by atoms with van der Waals surface area (Å²) in [6, 6.07) is 13.3. The molecule has 0 aliphatic carbocycles. The minimum atomic E-state index is -0.551. The molecule has 0 bridgehead atoms. The van der Waals surface area contributed by atoms with E-state index in [0.29, 0.717) is 11.3 Å². The van der Waals surface area contributed by atoms with E-state index < -0.39 is 5.82 Å². The Kier molecular flexibility index (Phi) is 4.93. The number of nitriles is 1. The number of aliphatic hydroxyl groups is 1. The van der Waals surface area contributed by atoms with E-state index in [-0.39, 0.29) is 18.8 Å². The highest BCUT2D eigenvalue weighted by atomic mass is 19.1. The van der Waals surface area contributed by atoms with Gasteiger partial charge in [-0.05, 0) is 30.3 Å². The number of benzene rings is 2. The Morgan fingerprint density at radius 1 is 1.14 bits per heavy atom. The zero-order valence-corrected chi connectivity index (χ0v) is 11.1. The van der Waals surface area contributed by atoms with Gasteiger partial charge in [0.05, 0.1) is 5.56 Å². The smallest absolute Gasteiger partial charge is 0.147 e. The fourth-order valence-electron chi connectivity index (χ4n) is 1.71.